The third-order valence-electron chi connectivity index (χ3n) is 2.53. The molecule has 0 saturated carbocycles. The zero-order chi connectivity index (χ0) is 12.8. The number of hydrogen-bond donors (Lipinski definition) is 2. The molecule has 5 nitrogen and oxygen atoms in total. The van der Waals surface area contributed by atoms with Crippen molar-refractivity contribution < 1.29 is 19.4 Å². The Morgan fingerprint density at radius 2 is 2.12 bits per heavy atom. The standard InChI is InChI=1S/C12H17NO4/c1-16-9-4-6-11(17-2)8(7-9)3-5-10(13)12(14)15/h4,6-7,10H,3,5,13H2,1-2H3,(H,14,15). The first kappa shape index (κ1) is 13.3. The molecule has 1 aromatic rings. The maximum absolute atomic E-state index is 10.6. The van der Waals surface area contributed by atoms with E-state index >= 15 is 0 Å². The summed E-state index contributed by atoms with van der Waals surface area (Å²) >= 11 is 0. The fourth-order valence-electron chi connectivity index (χ4n) is 1.51. The number of carboxylic acids is 1. The van der Waals surface area contributed by atoms with Crippen molar-refractivity contribution in [2.75, 3.05) is 14.2 Å². The number of ether oxygens (including phenoxy) is 2. The van der Waals surface area contributed by atoms with Gasteiger partial charge in [-0.3, -0.25) is 4.79 Å². The predicted molar refractivity (Wildman–Crippen MR) is 63.5 cm³/mol. The molecular formula is C12H17NO4. The highest BCUT2D eigenvalue weighted by atomic mass is 16.5. The summed E-state index contributed by atoms with van der Waals surface area (Å²) in [5.41, 5.74) is 6.35. The molecule has 17 heavy (non-hydrogen) atoms. The van der Waals surface area contributed by atoms with Crippen molar-refractivity contribution in [2.24, 2.45) is 5.73 Å². The van der Waals surface area contributed by atoms with Gasteiger partial charge in [0, 0.05) is 0 Å². The fourth-order valence-corrected chi connectivity index (χ4v) is 1.51. The van der Waals surface area contributed by atoms with Crippen LogP contribution in [-0.2, 0) is 11.2 Å². The molecule has 0 aliphatic heterocycles. The first-order valence-corrected chi connectivity index (χ1v) is 5.27. The van der Waals surface area contributed by atoms with Crippen LogP contribution in [0.2, 0.25) is 0 Å². The molecule has 3 N–H and O–H groups in total. The lowest BCUT2D eigenvalue weighted by atomic mass is 10.0. The Morgan fingerprint density at radius 3 is 2.65 bits per heavy atom. The van der Waals surface area contributed by atoms with Gasteiger partial charge < -0.3 is 20.3 Å². The van der Waals surface area contributed by atoms with Gasteiger partial charge in [-0.25, -0.2) is 0 Å². The number of rotatable bonds is 6. The van der Waals surface area contributed by atoms with Gasteiger partial charge in [-0.2, -0.15) is 0 Å². The number of carbonyl (C=O) groups is 1. The highest BCUT2D eigenvalue weighted by Crippen LogP contribution is 2.25. The Hall–Kier alpha value is -1.75. The van der Waals surface area contributed by atoms with Crippen LogP contribution in [0, 0.1) is 0 Å². The van der Waals surface area contributed by atoms with Gasteiger partial charge in [-0.15, -0.1) is 0 Å². The summed E-state index contributed by atoms with van der Waals surface area (Å²) in [7, 11) is 3.15. The minimum absolute atomic E-state index is 0.360. The molecule has 0 heterocycles. The van der Waals surface area contributed by atoms with Crippen molar-refractivity contribution in [3.8, 4) is 11.5 Å². The summed E-state index contributed by atoms with van der Waals surface area (Å²) < 4.78 is 10.3. The van der Waals surface area contributed by atoms with E-state index in [0.717, 1.165) is 5.56 Å². The SMILES string of the molecule is COc1ccc(OC)c(CCC(N)C(=O)O)c1. The highest BCUT2D eigenvalue weighted by Gasteiger charge is 2.13. The number of hydrogen-bond acceptors (Lipinski definition) is 4. The second-order valence-electron chi connectivity index (χ2n) is 3.66. The number of aryl methyl sites for hydroxylation is 1. The molecule has 1 unspecified atom stereocenters. The fraction of sp³-hybridized carbons (Fsp3) is 0.417. The van der Waals surface area contributed by atoms with E-state index in [2.05, 4.69) is 0 Å². The van der Waals surface area contributed by atoms with Gasteiger partial charge in [0.25, 0.3) is 0 Å². The van der Waals surface area contributed by atoms with Crippen molar-refractivity contribution >= 4 is 5.97 Å². The topological polar surface area (TPSA) is 81.8 Å². The zero-order valence-corrected chi connectivity index (χ0v) is 9.97. The third kappa shape index (κ3) is 3.64. The van der Waals surface area contributed by atoms with E-state index in [1.54, 1.807) is 26.4 Å². The molecule has 5 heteroatoms. The number of methoxy groups -OCH3 is 2. The minimum Gasteiger partial charge on any atom is -0.497 e. The van der Waals surface area contributed by atoms with Gasteiger partial charge in [0.2, 0.25) is 0 Å². The Balaban J connectivity index is 2.77. The van der Waals surface area contributed by atoms with Gasteiger partial charge in [-0.05, 0) is 36.6 Å². The molecule has 1 aromatic carbocycles. The van der Waals surface area contributed by atoms with Crippen molar-refractivity contribution in [3.05, 3.63) is 23.8 Å². The van der Waals surface area contributed by atoms with E-state index in [1.165, 1.54) is 0 Å². The normalized spacial score (nSPS) is 11.9. The van der Waals surface area contributed by atoms with Crippen LogP contribution in [-0.4, -0.2) is 31.3 Å². The second-order valence-corrected chi connectivity index (χ2v) is 3.66. The Kier molecular flexibility index (Phi) is 4.78. The minimum atomic E-state index is -0.994. The van der Waals surface area contributed by atoms with Crippen molar-refractivity contribution in [3.63, 3.8) is 0 Å². The summed E-state index contributed by atoms with van der Waals surface area (Å²) in [6.45, 7) is 0. The third-order valence-corrected chi connectivity index (χ3v) is 2.53. The summed E-state index contributed by atoms with van der Waals surface area (Å²) in [5, 5.41) is 8.71. The van der Waals surface area contributed by atoms with Crippen LogP contribution in [0.1, 0.15) is 12.0 Å². The van der Waals surface area contributed by atoms with Crippen LogP contribution >= 0.6 is 0 Å². The average Bonchev–Trinajstić information content (AvgIpc) is 2.35. The molecule has 0 fully saturated rings. The largest absolute Gasteiger partial charge is 0.497 e. The van der Waals surface area contributed by atoms with E-state index in [-0.39, 0.29) is 0 Å². The molecule has 0 aromatic heterocycles. The Bertz CT molecular complexity index is 392. The van der Waals surface area contributed by atoms with E-state index in [0.29, 0.717) is 24.3 Å². The molecule has 0 aliphatic carbocycles. The van der Waals surface area contributed by atoms with E-state index in [1.807, 2.05) is 6.07 Å². The van der Waals surface area contributed by atoms with Crippen LogP contribution < -0.4 is 15.2 Å². The lowest BCUT2D eigenvalue weighted by Crippen LogP contribution is -2.30. The second kappa shape index (κ2) is 6.10. The average molecular weight is 239 g/mol. The summed E-state index contributed by atoms with van der Waals surface area (Å²) in [4.78, 5) is 10.6. The summed E-state index contributed by atoms with van der Waals surface area (Å²) in [6.07, 6.45) is 0.896. The number of benzene rings is 1. The molecule has 0 aliphatic rings. The monoisotopic (exact) mass is 239 g/mol. The molecule has 0 saturated heterocycles. The molecule has 0 amide bonds. The van der Waals surface area contributed by atoms with Gasteiger partial charge in [0.1, 0.15) is 17.5 Å². The van der Waals surface area contributed by atoms with Crippen LogP contribution in [0.3, 0.4) is 0 Å². The molecular weight excluding hydrogens is 222 g/mol. The molecule has 0 bridgehead atoms. The number of carboxylic acid groups (broad SMARTS) is 1. The Labute approximate surface area is 100 Å². The lowest BCUT2D eigenvalue weighted by Gasteiger charge is -2.11. The van der Waals surface area contributed by atoms with E-state index < -0.39 is 12.0 Å². The van der Waals surface area contributed by atoms with Gasteiger partial charge in [0.15, 0.2) is 0 Å². The number of nitrogens with two attached hydrogens (primary N) is 1. The molecule has 0 spiro atoms. The maximum atomic E-state index is 10.6. The van der Waals surface area contributed by atoms with Gasteiger partial charge in [-0.1, -0.05) is 0 Å². The molecule has 94 valence electrons. The van der Waals surface area contributed by atoms with Crippen LogP contribution in [0.5, 0.6) is 11.5 Å². The van der Waals surface area contributed by atoms with Gasteiger partial charge >= 0.3 is 5.97 Å². The van der Waals surface area contributed by atoms with E-state index in [9.17, 15) is 4.79 Å². The number of aliphatic carboxylic acids is 1. The summed E-state index contributed by atoms with van der Waals surface area (Å²) in [5.74, 6) is 0.431. The lowest BCUT2D eigenvalue weighted by molar-refractivity contribution is -0.138. The quantitative estimate of drug-likeness (QED) is 0.775. The maximum Gasteiger partial charge on any atom is 0.320 e. The van der Waals surface area contributed by atoms with Crippen LogP contribution in [0.4, 0.5) is 0 Å². The highest BCUT2D eigenvalue weighted by molar-refractivity contribution is 5.73. The predicted octanol–water partition coefficient (Wildman–Crippen LogP) is 1.05. The zero-order valence-electron chi connectivity index (χ0n) is 9.97. The first-order chi connectivity index (χ1) is 8.08. The smallest absolute Gasteiger partial charge is 0.320 e. The van der Waals surface area contributed by atoms with Crippen LogP contribution in [0.25, 0.3) is 0 Å². The molecule has 1 rings (SSSR count). The van der Waals surface area contributed by atoms with Crippen molar-refractivity contribution in [1.82, 2.24) is 0 Å². The van der Waals surface area contributed by atoms with Crippen molar-refractivity contribution in [2.45, 2.75) is 18.9 Å². The van der Waals surface area contributed by atoms with Gasteiger partial charge in [0.05, 0.1) is 14.2 Å². The van der Waals surface area contributed by atoms with Crippen molar-refractivity contribution in [1.29, 1.82) is 0 Å². The molecule has 0 radical (unpaired) electrons. The molecule has 1 atom stereocenters. The van der Waals surface area contributed by atoms with E-state index in [4.69, 9.17) is 20.3 Å². The Morgan fingerprint density at radius 1 is 1.41 bits per heavy atom. The summed E-state index contributed by atoms with van der Waals surface area (Å²) in [6, 6.07) is 4.55. The first-order valence-electron chi connectivity index (χ1n) is 5.27. The van der Waals surface area contributed by atoms with Crippen LogP contribution in [0.15, 0.2) is 18.2 Å².